The smallest absolute Gasteiger partial charge is 0.236 e. The average molecular weight is 484 g/mol. The Morgan fingerprint density at radius 1 is 1.00 bits per heavy atom. The third-order valence-electron chi connectivity index (χ3n) is 7.26. The highest BCUT2D eigenvalue weighted by Crippen LogP contribution is 2.39. The number of phenolic OH excluding ortho intramolecular Hbond substituents is 1. The maximum Gasteiger partial charge on any atom is 0.236 e. The molecule has 2 fully saturated rings. The molecule has 2 aromatic carbocycles. The van der Waals surface area contributed by atoms with Crippen molar-refractivity contribution in [3.05, 3.63) is 63.6 Å². The summed E-state index contributed by atoms with van der Waals surface area (Å²) in [6, 6.07) is 14.5. The van der Waals surface area contributed by atoms with Gasteiger partial charge in [-0.2, -0.15) is 0 Å². The lowest BCUT2D eigenvalue weighted by Gasteiger charge is -2.44. The zero-order chi connectivity index (χ0) is 21.4. The molecular weight excluding hydrogens is 454 g/mol. The van der Waals surface area contributed by atoms with Crippen molar-refractivity contribution in [1.82, 2.24) is 14.7 Å². The van der Waals surface area contributed by atoms with E-state index in [0.29, 0.717) is 6.54 Å². The maximum atomic E-state index is 13.3. The average Bonchev–Trinajstić information content (AvgIpc) is 2.73. The van der Waals surface area contributed by atoms with E-state index in [0.717, 1.165) is 55.2 Å². The number of hydrogen-bond acceptors (Lipinski definition) is 4. The molecule has 1 aliphatic carbocycles. The van der Waals surface area contributed by atoms with Crippen LogP contribution < -0.4 is 0 Å². The van der Waals surface area contributed by atoms with Gasteiger partial charge in [-0.05, 0) is 48.6 Å². The molecule has 5 rings (SSSR count). The third kappa shape index (κ3) is 4.26. The van der Waals surface area contributed by atoms with Gasteiger partial charge in [0.2, 0.25) is 5.91 Å². The first-order valence-corrected chi connectivity index (χ1v) is 12.2. The number of para-hydroxylation sites is 1. The molecule has 2 heterocycles. The number of fused-ring (bicyclic) bond motifs is 1. The molecule has 164 valence electrons. The molecule has 31 heavy (non-hydrogen) atoms. The highest BCUT2D eigenvalue weighted by molar-refractivity contribution is 9.10. The summed E-state index contributed by atoms with van der Waals surface area (Å²) in [5.41, 5.74) is 3.33. The van der Waals surface area contributed by atoms with Gasteiger partial charge in [0.05, 0.1) is 12.6 Å². The van der Waals surface area contributed by atoms with Crippen LogP contribution in [0, 0.1) is 0 Å². The van der Waals surface area contributed by atoms with E-state index in [4.69, 9.17) is 0 Å². The summed E-state index contributed by atoms with van der Waals surface area (Å²) in [4.78, 5) is 20.1. The van der Waals surface area contributed by atoms with Gasteiger partial charge in [0.1, 0.15) is 5.75 Å². The van der Waals surface area contributed by atoms with Crippen LogP contribution >= 0.6 is 15.9 Å². The van der Waals surface area contributed by atoms with Gasteiger partial charge in [-0.15, -0.1) is 0 Å². The van der Waals surface area contributed by atoms with Crippen LogP contribution in [-0.2, 0) is 11.2 Å². The van der Waals surface area contributed by atoms with Gasteiger partial charge < -0.3 is 10.0 Å². The lowest BCUT2D eigenvalue weighted by molar-refractivity contribution is -0.135. The lowest BCUT2D eigenvalue weighted by Crippen LogP contribution is -2.55. The number of benzene rings is 2. The molecule has 0 radical (unpaired) electrons. The minimum atomic E-state index is -0.113. The fraction of sp³-hybridized carbons (Fsp3) is 0.480. The van der Waals surface area contributed by atoms with Crippen molar-refractivity contribution >= 4 is 21.8 Å². The largest absolute Gasteiger partial charge is 0.508 e. The van der Waals surface area contributed by atoms with E-state index < -0.39 is 0 Å². The molecular formula is C25H30BrN3O2. The second kappa shape index (κ2) is 8.93. The Kier molecular flexibility index (Phi) is 6.04. The van der Waals surface area contributed by atoms with Crippen LogP contribution in [0.25, 0.3) is 0 Å². The molecule has 1 saturated heterocycles. The lowest BCUT2D eigenvalue weighted by atomic mass is 9.87. The second-order valence-electron chi connectivity index (χ2n) is 9.03. The molecule has 5 nitrogen and oxygen atoms in total. The van der Waals surface area contributed by atoms with E-state index in [9.17, 15) is 9.90 Å². The predicted molar refractivity (Wildman–Crippen MR) is 125 cm³/mol. The molecule has 0 bridgehead atoms. The van der Waals surface area contributed by atoms with Crippen molar-refractivity contribution in [3.8, 4) is 5.75 Å². The highest BCUT2D eigenvalue weighted by atomic mass is 79.9. The van der Waals surface area contributed by atoms with E-state index in [-0.39, 0.29) is 17.7 Å². The number of hydrogen-bond donors (Lipinski definition) is 1. The van der Waals surface area contributed by atoms with E-state index in [1.807, 2.05) is 23.1 Å². The number of carbonyl (C=O) groups is 1. The first-order valence-electron chi connectivity index (χ1n) is 11.4. The molecule has 1 amide bonds. The van der Waals surface area contributed by atoms with E-state index in [1.165, 1.54) is 30.4 Å². The van der Waals surface area contributed by atoms with Gasteiger partial charge in [0, 0.05) is 48.8 Å². The minimum absolute atomic E-state index is 0.113. The van der Waals surface area contributed by atoms with E-state index >= 15 is 0 Å². The van der Waals surface area contributed by atoms with Gasteiger partial charge in [0.25, 0.3) is 0 Å². The van der Waals surface area contributed by atoms with Crippen molar-refractivity contribution in [2.45, 2.75) is 37.8 Å². The molecule has 0 spiro atoms. The van der Waals surface area contributed by atoms with Crippen molar-refractivity contribution in [2.75, 3.05) is 39.3 Å². The second-order valence-corrected chi connectivity index (χ2v) is 9.94. The Morgan fingerprint density at radius 3 is 2.48 bits per heavy atom. The van der Waals surface area contributed by atoms with Crippen molar-refractivity contribution in [1.29, 1.82) is 0 Å². The molecule has 1 N–H and O–H groups in total. The number of amides is 1. The number of piperazine rings is 1. The van der Waals surface area contributed by atoms with Crippen LogP contribution in [0.1, 0.15) is 42.0 Å². The minimum Gasteiger partial charge on any atom is -0.508 e. The van der Waals surface area contributed by atoms with Gasteiger partial charge in [0.15, 0.2) is 0 Å². The van der Waals surface area contributed by atoms with Crippen LogP contribution in [0.2, 0.25) is 0 Å². The number of aromatic hydroxyl groups is 1. The Hall–Kier alpha value is -1.89. The maximum absolute atomic E-state index is 13.3. The number of carbonyl (C=O) groups excluding carboxylic acids is 1. The summed E-state index contributed by atoms with van der Waals surface area (Å²) >= 11 is 3.59. The summed E-state index contributed by atoms with van der Waals surface area (Å²) in [6.07, 6.45) is 4.89. The topological polar surface area (TPSA) is 47.0 Å². The number of phenols is 1. The van der Waals surface area contributed by atoms with E-state index in [2.05, 4.69) is 43.9 Å². The van der Waals surface area contributed by atoms with Crippen LogP contribution in [0.5, 0.6) is 5.75 Å². The predicted octanol–water partition coefficient (Wildman–Crippen LogP) is 3.80. The summed E-state index contributed by atoms with van der Waals surface area (Å²) < 4.78 is 1.07. The molecule has 1 saturated carbocycles. The molecule has 2 aromatic rings. The van der Waals surface area contributed by atoms with Crippen molar-refractivity contribution < 1.29 is 9.90 Å². The Bertz CT molecular complexity index is 954. The highest BCUT2D eigenvalue weighted by Gasteiger charge is 2.34. The Balaban J connectivity index is 1.34. The van der Waals surface area contributed by atoms with Crippen molar-refractivity contribution in [2.24, 2.45) is 0 Å². The van der Waals surface area contributed by atoms with Crippen LogP contribution in [0.15, 0.2) is 46.9 Å². The fourth-order valence-corrected chi connectivity index (χ4v) is 5.67. The summed E-state index contributed by atoms with van der Waals surface area (Å²) in [6.45, 7) is 4.84. The molecule has 3 aliphatic rings. The van der Waals surface area contributed by atoms with Crippen LogP contribution in [-0.4, -0.2) is 71.0 Å². The van der Waals surface area contributed by atoms with Gasteiger partial charge in [-0.25, -0.2) is 0 Å². The zero-order valence-corrected chi connectivity index (χ0v) is 19.4. The third-order valence-corrected chi connectivity index (χ3v) is 7.75. The molecule has 0 aromatic heterocycles. The first-order chi connectivity index (χ1) is 15.1. The van der Waals surface area contributed by atoms with E-state index in [1.54, 1.807) is 6.07 Å². The van der Waals surface area contributed by atoms with Gasteiger partial charge >= 0.3 is 0 Å². The summed E-state index contributed by atoms with van der Waals surface area (Å²) in [7, 11) is 0. The normalized spacial score (nSPS) is 22.7. The van der Waals surface area contributed by atoms with Gasteiger partial charge in [-0.3, -0.25) is 14.6 Å². The standard InChI is InChI=1S/C25H30BrN3O2/c26-19-8-9-21-18(16-19)10-11-29(25(21)22-6-1-2-7-23(22)30)17-24(31)28-14-12-27(13-15-28)20-4-3-5-20/h1-2,6-9,16,20,25,30H,3-5,10-15,17H2. The Labute approximate surface area is 192 Å². The summed E-state index contributed by atoms with van der Waals surface area (Å²) in [5, 5.41) is 10.6. The quantitative estimate of drug-likeness (QED) is 0.718. The molecule has 1 atom stereocenters. The monoisotopic (exact) mass is 483 g/mol. The van der Waals surface area contributed by atoms with Crippen molar-refractivity contribution in [3.63, 3.8) is 0 Å². The summed E-state index contributed by atoms with van der Waals surface area (Å²) in [5.74, 6) is 0.490. The van der Waals surface area contributed by atoms with Crippen LogP contribution in [0.4, 0.5) is 0 Å². The number of nitrogens with zero attached hydrogens (tertiary/aromatic N) is 3. The first kappa shape index (κ1) is 21.0. The van der Waals surface area contributed by atoms with Gasteiger partial charge in [-0.1, -0.05) is 46.6 Å². The number of rotatable bonds is 4. The van der Waals surface area contributed by atoms with Crippen LogP contribution in [0.3, 0.4) is 0 Å². The number of halogens is 1. The molecule has 1 unspecified atom stereocenters. The Morgan fingerprint density at radius 2 is 1.77 bits per heavy atom. The molecule has 2 aliphatic heterocycles. The SMILES string of the molecule is O=C(CN1CCc2cc(Br)ccc2C1c1ccccc1O)N1CCN(C2CCC2)CC1. The zero-order valence-electron chi connectivity index (χ0n) is 17.8. The fourth-order valence-electron chi connectivity index (χ4n) is 5.26. The molecule has 6 heteroatoms.